The molecule has 7 nitrogen and oxygen atoms in total. The molecule has 0 aliphatic carbocycles. The summed E-state index contributed by atoms with van der Waals surface area (Å²) >= 11 is 5.67. The fourth-order valence-corrected chi connectivity index (χ4v) is 1.85. The van der Waals surface area contributed by atoms with Crippen molar-refractivity contribution in [2.24, 2.45) is 0 Å². The lowest BCUT2D eigenvalue weighted by atomic mass is 10.2. The first-order chi connectivity index (χ1) is 10.0. The first kappa shape index (κ1) is 14.9. The van der Waals surface area contributed by atoms with Gasteiger partial charge in [0.1, 0.15) is 16.9 Å². The Morgan fingerprint density at radius 1 is 1.43 bits per heavy atom. The number of aliphatic hydroxyl groups is 1. The number of carbonyl (C=O) groups is 1. The number of benzene rings is 1. The summed E-state index contributed by atoms with van der Waals surface area (Å²) in [5.41, 5.74) is 0.397. The number of nitrogens with one attached hydrogen (secondary N) is 1. The van der Waals surface area contributed by atoms with Crippen molar-refractivity contribution >= 4 is 28.9 Å². The van der Waals surface area contributed by atoms with E-state index in [0.29, 0.717) is 11.3 Å². The summed E-state index contributed by atoms with van der Waals surface area (Å²) < 4.78 is 0. The zero-order valence-corrected chi connectivity index (χ0v) is 11.4. The van der Waals surface area contributed by atoms with Crippen molar-refractivity contribution in [2.75, 3.05) is 5.32 Å². The van der Waals surface area contributed by atoms with Crippen LogP contribution in [-0.4, -0.2) is 20.9 Å². The number of aliphatic hydroxyl groups excluding tert-OH is 1. The fraction of sp³-hybridized carbons (Fsp3) is 0.0769. The Labute approximate surface area is 124 Å². The molecule has 0 aliphatic heterocycles. The highest BCUT2D eigenvalue weighted by Gasteiger charge is 2.21. The maximum Gasteiger partial charge on any atom is 0.300 e. The number of hydrogen-bond donors (Lipinski definition) is 2. The highest BCUT2D eigenvalue weighted by atomic mass is 35.5. The quantitative estimate of drug-likeness (QED) is 0.512. The smallest absolute Gasteiger partial charge is 0.300 e. The topological polar surface area (TPSA) is 105 Å². The first-order valence-electron chi connectivity index (χ1n) is 5.82. The van der Waals surface area contributed by atoms with E-state index in [9.17, 15) is 14.9 Å². The summed E-state index contributed by atoms with van der Waals surface area (Å²) in [6, 6.07) is 7.62. The molecular formula is C13H10ClN3O4. The van der Waals surface area contributed by atoms with E-state index in [1.807, 2.05) is 0 Å². The van der Waals surface area contributed by atoms with Gasteiger partial charge in [-0.05, 0) is 23.8 Å². The minimum atomic E-state index is -0.706. The van der Waals surface area contributed by atoms with Gasteiger partial charge in [-0.1, -0.05) is 23.7 Å². The van der Waals surface area contributed by atoms with Gasteiger partial charge in [-0.25, -0.2) is 4.98 Å². The van der Waals surface area contributed by atoms with Crippen LogP contribution in [0, 0.1) is 10.1 Å². The van der Waals surface area contributed by atoms with E-state index in [-0.39, 0.29) is 17.3 Å². The van der Waals surface area contributed by atoms with Crippen LogP contribution in [0.15, 0.2) is 36.5 Å². The zero-order valence-electron chi connectivity index (χ0n) is 10.6. The Morgan fingerprint density at radius 2 is 2.19 bits per heavy atom. The van der Waals surface area contributed by atoms with Gasteiger partial charge < -0.3 is 10.4 Å². The third-order valence-corrected chi connectivity index (χ3v) is 2.87. The molecule has 0 radical (unpaired) electrons. The van der Waals surface area contributed by atoms with Gasteiger partial charge in [0, 0.05) is 5.69 Å². The summed E-state index contributed by atoms with van der Waals surface area (Å²) in [4.78, 5) is 25.9. The van der Waals surface area contributed by atoms with Crippen molar-refractivity contribution in [1.29, 1.82) is 0 Å². The number of hydrogen-bond acceptors (Lipinski definition) is 5. The van der Waals surface area contributed by atoms with Gasteiger partial charge in [-0.2, -0.15) is 0 Å². The van der Waals surface area contributed by atoms with Crippen molar-refractivity contribution in [3.63, 3.8) is 0 Å². The van der Waals surface area contributed by atoms with Crippen molar-refractivity contribution < 1.29 is 14.8 Å². The standard InChI is InChI=1S/C13H10ClN3O4/c14-12-5-10(11(6-15-12)17(20)21)13(19)16-9-3-1-2-8(4-9)7-18/h1-6,18H,7H2,(H,16,19). The number of anilines is 1. The molecule has 0 saturated heterocycles. The Kier molecular flexibility index (Phi) is 4.46. The second kappa shape index (κ2) is 6.29. The van der Waals surface area contributed by atoms with E-state index in [0.717, 1.165) is 12.3 Å². The molecule has 0 saturated carbocycles. The minimum absolute atomic E-state index is 0.0186. The average molecular weight is 308 g/mol. The number of nitrogens with zero attached hydrogens (tertiary/aromatic N) is 2. The van der Waals surface area contributed by atoms with Crippen molar-refractivity contribution in [1.82, 2.24) is 4.98 Å². The number of carbonyl (C=O) groups excluding carboxylic acids is 1. The molecule has 0 atom stereocenters. The lowest BCUT2D eigenvalue weighted by Gasteiger charge is -2.07. The number of nitro groups is 1. The normalized spacial score (nSPS) is 10.2. The van der Waals surface area contributed by atoms with Crippen LogP contribution in [-0.2, 0) is 6.61 Å². The molecule has 108 valence electrons. The minimum Gasteiger partial charge on any atom is -0.392 e. The second-order valence-electron chi connectivity index (χ2n) is 4.09. The molecule has 0 spiro atoms. The maximum atomic E-state index is 12.1. The van der Waals surface area contributed by atoms with Gasteiger partial charge in [-0.3, -0.25) is 14.9 Å². The second-order valence-corrected chi connectivity index (χ2v) is 4.48. The van der Waals surface area contributed by atoms with Gasteiger partial charge in [0.15, 0.2) is 0 Å². The van der Waals surface area contributed by atoms with Gasteiger partial charge in [0.05, 0.1) is 11.5 Å². The summed E-state index contributed by atoms with van der Waals surface area (Å²) in [6.07, 6.45) is 0.932. The van der Waals surface area contributed by atoms with Crippen LogP contribution in [0.5, 0.6) is 0 Å². The molecule has 1 heterocycles. The maximum absolute atomic E-state index is 12.1. The molecule has 21 heavy (non-hydrogen) atoms. The van der Waals surface area contributed by atoms with Crippen molar-refractivity contribution in [2.45, 2.75) is 6.61 Å². The number of aromatic nitrogens is 1. The predicted octanol–water partition coefficient (Wildman–Crippen LogP) is 2.39. The van der Waals surface area contributed by atoms with Crippen LogP contribution >= 0.6 is 11.6 Å². The zero-order chi connectivity index (χ0) is 15.4. The van der Waals surface area contributed by atoms with E-state index >= 15 is 0 Å². The summed E-state index contributed by atoms with van der Waals surface area (Å²) in [6.45, 7) is -0.176. The fourth-order valence-electron chi connectivity index (χ4n) is 1.70. The summed E-state index contributed by atoms with van der Waals surface area (Å²) in [5, 5.41) is 22.4. The molecule has 2 aromatic rings. The highest BCUT2D eigenvalue weighted by molar-refractivity contribution is 6.30. The van der Waals surface area contributed by atoms with E-state index < -0.39 is 16.5 Å². The molecule has 2 rings (SSSR count). The third-order valence-electron chi connectivity index (χ3n) is 2.66. The summed E-state index contributed by atoms with van der Waals surface area (Å²) in [5.74, 6) is -0.680. The van der Waals surface area contributed by atoms with Crippen LogP contribution in [0.2, 0.25) is 5.15 Å². The van der Waals surface area contributed by atoms with Crippen LogP contribution < -0.4 is 5.32 Å². The number of halogens is 1. The molecule has 1 aromatic heterocycles. The molecule has 0 aliphatic rings. The molecule has 0 unspecified atom stereocenters. The molecule has 0 bridgehead atoms. The largest absolute Gasteiger partial charge is 0.392 e. The lowest BCUT2D eigenvalue weighted by Crippen LogP contribution is -2.14. The number of pyridine rings is 1. The van der Waals surface area contributed by atoms with E-state index in [1.165, 1.54) is 0 Å². The third kappa shape index (κ3) is 3.53. The highest BCUT2D eigenvalue weighted by Crippen LogP contribution is 2.22. The lowest BCUT2D eigenvalue weighted by molar-refractivity contribution is -0.385. The monoisotopic (exact) mass is 307 g/mol. The number of amides is 1. The van der Waals surface area contributed by atoms with Crippen LogP contribution in [0.4, 0.5) is 11.4 Å². The molecule has 8 heteroatoms. The summed E-state index contributed by atoms with van der Waals surface area (Å²) in [7, 11) is 0. The van der Waals surface area contributed by atoms with E-state index in [1.54, 1.807) is 24.3 Å². The van der Waals surface area contributed by atoms with Crippen LogP contribution in [0.25, 0.3) is 0 Å². The molecule has 2 N–H and O–H groups in total. The Morgan fingerprint density at radius 3 is 2.86 bits per heavy atom. The van der Waals surface area contributed by atoms with Crippen LogP contribution in [0.3, 0.4) is 0 Å². The molecule has 1 amide bonds. The van der Waals surface area contributed by atoms with Crippen LogP contribution in [0.1, 0.15) is 15.9 Å². The Hall–Kier alpha value is -2.51. The van der Waals surface area contributed by atoms with Gasteiger partial charge in [-0.15, -0.1) is 0 Å². The van der Waals surface area contributed by atoms with Gasteiger partial charge in [0.2, 0.25) is 0 Å². The Balaban J connectivity index is 2.31. The predicted molar refractivity (Wildman–Crippen MR) is 76.2 cm³/mol. The van der Waals surface area contributed by atoms with Gasteiger partial charge >= 0.3 is 0 Å². The van der Waals surface area contributed by atoms with Crippen molar-refractivity contribution in [3.8, 4) is 0 Å². The molecular weight excluding hydrogens is 298 g/mol. The van der Waals surface area contributed by atoms with E-state index in [4.69, 9.17) is 16.7 Å². The Bertz CT molecular complexity index is 706. The molecule has 0 fully saturated rings. The average Bonchev–Trinajstić information content (AvgIpc) is 2.47. The van der Waals surface area contributed by atoms with Gasteiger partial charge in [0.25, 0.3) is 11.6 Å². The SMILES string of the molecule is O=C(Nc1cccc(CO)c1)c1cc(Cl)ncc1[N+](=O)[O-]. The molecule has 1 aromatic carbocycles. The number of rotatable bonds is 4. The van der Waals surface area contributed by atoms with Crippen molar-refractivity contribution in [3.05, 3.63) is 62.9 Å². The first-order valence-corrected chi connectivity index (χ1v) is 6.20. The van der Waals surface area contributed by atoms with E-state index in [2.05, 4.69) is 10.3 Å².